The van der Waals surface area contributed by atoms with Crippen molar-refractivity contribution in [1.82, 2.24) is 0 Å². The van der Waals surface area contributed by atoms with Crippen molar-refractivity contribution >= 4 is 17.3 Å². The van der Waals surface area contributed by atoms with E-state index >= 15 is 0 Å². The maximum atomic E-state index is 11.1. The first kappa shape index (κ1) is 15.5. The van der Waals surface area contributed by atoms with Gasteiger partial charge in [-0.25, -0.2) is 4.79 Å². The SMILES string of the molecule is O=C(O)c1ccc(CNc2ccccc2CO)c([N+](=O)[O-])c1. The lowest BCUT2D eigenvalue weighted by atomic mass is 10.1. The summed E-state index contributed by atoms with van der Waals surface area (Å²) in [6.45, 7) is -0.00353. The van der Waals surface area contributed by atoms with Crippen LogP contribution in [-0.4, -0.2) is 21.1 Å². The highest BCUT2D eigenvalue weighted by Gasteiger charge is 2.17. The molecule has 2 aromatic carbocycles. The van der Waals surface area contributed by atoms with E-state index in [4.69, 9.17) is 5.11 Å². The molecule has 0 spiro atoms. The van der Waals surface area contributed by atoms with Crippen LogP contribution in [0.1, 0.15) is 21.5 Å². The number of hydrogen-bond acceptors (Lipinski definition) is 5. The molecule has 0 aromatic heterocycles. The van der Waals surface area contributed by atoms with Gasteiger partial charge in [0.05, 0.1) is 17.1 Å². The van der Waals surface area contributed by atoms with Gasteiger partial charge >= 0.3 is 5.97 Å². The van der Waals surface area contributed by atoms with E-state index in [-0.39, 0.29) is 24.4 Å². The molecule has 0 aliphatic heterocycles. The van der Waals surface area contributed by atoms with Gasteiger partial charge in [0.1, 0.15) is 0 Å². The fraction of sp³-hybridized carbons (Fsp3) is 0.133. The van der Waals surface area contributed by atoms with Gasteiger partial charge in [-0.3, -0.25) is 10.1 Å². The van der Waals surface area contributed by atoms with Crippen LogP contribution in [0.25, 0.3) is 0 Å². The molecule has 7 heteroatoms. The maximum absolute atomic E-state index is 11.1. The Bertz CT molecular complexity index is 715. The predicted molar refractivity (Wildman–Crippen MR) is 79.7 cm³/mol. The minimum absolute atomic E-state index is 0.133. The summed E-state index contributed by atoms with van der Waals surface area (Å²) in [6, 6.07) is 10.8. The Labute approximate surface area is 126 Å². The van der Waals surface area contributed by atoms with Crippen molar-refractivity contribution in [3.05, 3.63) is 69.3 Å². The Morgan fingerprint density at radius 1 is 1.18 bits per heavy atom. The number of benzene rings is 2. The van der Waals surface area contributed by atoms with E-state index in [1.165, 1.54) is 12.1 Å². The molecule has 114 valence electrons. The average molecular weight is 302 g/mol. The minimum Gasteiger partial charge on any atom is -0.478 e. The van der Waals surface area contributed by atoms with E-state index in [1.54, 1.807) is 24.3 Å². The zero-order valence-corrected chi connectivity index (χ0v) is 11.5. The number of nitro groups is 1. The van der Waals surface area contributed by atoms with Gasteiger partial charge in [-0.05, 0) is 18.2 Å². The molecule has 0 atom stereocenters. The normalized spacial score (nSPS) is 10.2. The fourth-order valence-corrected chi connectivity index (χ4v) is 2.04. The second-order valence-corrected chi connectivity index (χ2v) is 4.57. The van der Waals surface area contributed by atoms with Crippen LogP contribution >= 0.6 is 0 Å². The number of hydrogen-bond donors (Lipinski definition) is 3. The van der Waals surface area contributed by atoms with Crippen LogP contribution in [0.2, 0.25) is 0 Å². The number of nitro benzene ring substituents is 1. The number of anilines is 1. The van der Waals surface area contributed by atoms with Crippen molar-refractivity contribution in [2.75, 3.05) is 5.32 Å². The monoisotopic (exact) mass is 302 g/mol. The number of aliphatic hydroxyl groups excluding tert-OH is 1. The van der Waals surface area contributed by atoms with Crippen LogP contribution in [0.15, 0.2) is 42.5 Å². The van der Waals surface area contributed by atoms with Gasteiger partial charge in [0.2, 0.25) is 0 Å². The summed E-state index contributed by atoms with van der Waals surface area (Å²) in [6.07, 6.45) is 0. The number of nitrogens with one attached hydrogen (secondary N) is 1. The molecule has 2 aromatic rings. The van der Waals surface area contributed by atoms with Crippen LogP contribution in [0.3, 0.4) is 0 Å². The number of aliphatic hydroxyl groups is 1. The molecule has 22 heavy (non-hydrogen) atoms. The summed E-state index contributed by atoms with van der Waals surface area (Å²) >= 11 is 0. The number of nitrogens with zero attached hydrogens (tertiary/aromatic N) is 1. The Kier molecular flexibility index (Phi) is 4.70. The van der Waals surface area contributed by atoms with Crippen molar-refractivity contribution in [2.24, 2.45) is 0 Å². The minimum atomic E-state index is -1.21. The highest BCUT2D eigenvalue weighted by molar-refractivity contribution is 5.88. The molecule has 0 amide bonds. The third-order valence-electron chi connectivity index (χ3n) is 3.19. The first-order valence-corrected chi connectivity index (χ1v) is 6.46. The van der Waals surface area contributed by atoms with Crippen molar-refractivity contribution in [1.29, 1.82) is 0 Å². The second-order valence-electron chi connectivity index (χ2n) is 4.57. The van der Waals surface area contributed by atoms with Gasteiger partial charge < -0.3 is 15.5 Å². The average Bonchev–Trinajstić information content (AvgIpc) is 2.52. The van der Waals surface area contributed by atoms with Crippen LogP contribution in [-0.2, 0) is 13.2 Å². The lowest BCUT2D eigenvalue weighted by Gasteiger charge is -2.11. The standard InChI is InChI=1S/C15H14N2O5/c18-9-12-3-1-2-4-13(12)16-8-11-6-5-10(15(19)20)7-14(11)17(21)22/h1-7,16,18H,8-9H2,(H,19,20). The van der Waals surface area contributed by atoms with E-state index in [0.717, 1.165) is 6.07 Å². The third kappa shape index (κ3) is 3.39. The number of para-hydroxylation sites is 1. The molecule has 0 heterocycles. The number of rotatable bonds is 6. The summed E-state index contributed by atoms with van der Waals surface area (Å²) in [5, 5.41) is 32.2. The van der Waals surface area contributed by atoms with Crippen LogP contribution in [0.5, 0.6) is 0 Å². The van der Waals surface area contributed by atoms with Gasteiger partial charge in [0.25, 0.3) is 5.69 Å². The van der Waals surface area contributed by atoms with Gasteiger partial charge in [-0.2, -0.15) is 0 Å². The maximum Gasteiger partial charge on any atom is 0.335 e. The summed E-state index contributed by atoms with van der Waals surface area (Å²) in [7, 11) is 0. The van der Waals surface area contributed by atoms with E-state index < -0.39 is 10.9 Å². The van der Waals surface area contributed by atoms with Crippen molar-refractivity contribution in [2.45, 2.75) is 13.2 Å². The molecule has 0 radical (unpaired) electrons. The smallest absolute Gasteiger partial charge is 0.335 e. The number of carbonyl (C=O) groups is 1. The molecule has 0 aliphatic rings. The molecular formula is C15H14N2O5. The lowest BCUT2D eigenvalue weighted by Crippen LogP contribution is -2.06. The Balaban J connectivity index is 2.26. The van der Waals surface area contributed by atoms with E-state index in [9.17, 15) is 20.0 Å². The van der Waals surface area contributed by atoms with Crippen molar-refractivity contribution in [3.63, 3.8) is 0 Å². The molecule has 3 N–H and O–H groups in total. The summed E-state index contributed by atoms with van der Waals surface area (Å²) < 4.78 is 0. The number of carboxylic acid groups (broad SMARTS) is 1. The van der Waals surface area contributed by atoms with Gasteiger partial charge in [0.15, 0.2) is 0 Å². The van der Waals surface area contributed by atoms with Crippen molar-refractivity contribution < 1.29 is 19.9 Å². The van der Waals surface area contributed by atoms with Crippen LogP contribution in [0, 0.1) is 10.1 Å². The zero-order chi connectivity index (χ0) is 16.1. The Morgan fingerprint density at radius 2 is 1.91 bits per heavy atom. The molecule has 0 aliphatic carbocycles. The van der Waals surface area contributed by atoms with Crippen LogP contribution < -0.4 is 5.32 Å². The summed E-state index contributed by atoms with van der Waals surface area (Å²) in [5.41, 5.74) is 1.32. The summed E-state index contributed by atoms with van der Waals surface area (Å²) in [4.78, 5) is 21.4. The molecule has 2 rings (SSSR count). The molecule has 0 fully saturated rings. The van der Waals surface area contributed by atoms with Gasteiger partial charge in [-0.1, -0.05) is 18.2 Å². The fourth-order valence-electron chi connectivity index (χ4n) is 2.04. The van der Waals surface area contributed by atoms with E-state index in [1.807, 2.05) is 0 Å². The lowest BCUT2D eigenvalue weighted by molar-refractivity contribution is -0.385. The molecule has 0 saturated carbocycles. The first-order chi connectivity index (χ1) is 10.5. The molecule has 0 bridgehead atoms. The number of carboxylic acids is 1. The Morgan fingerprint density at radius 3 is 2.55 bits per heavy atom. The highest BCUT2D eigenvalue weighted by atomic mass is 16.6. The first-order valence-electron chi connectivity index (χ1n) is 6.46. The van der Waals surface area contributed by atoms with E-state index in [2.05, 4.69) is 5.32 Å². The summed E-state index contributed by atoms with van der Waals surface area (Å²) in [5.74, 6) is -1.21. The van der Waals surface area contributed by atoms with E-state index in [0.29, 0.717) is 16.8 Å². The molecule has 0 saturated heterocycles. The largest absolute Gasteiger partial charge is 0.478 e. The van der Waals surface area contributed by atoms with Gasteiger partial charge in [0, 0.05) is 29.4 Å². The van der Waals surface area contributed by atoms with Gasteiger partial charge in [-0.15, -0.1) is 0 Å². The quantitative estimate of drug-likeness (QED) is 0.558. The molecule has 0 unspecified atom stereocenters. The van der Waals surface area contributed by atoms with Crippen molar-refractivity contribution in [3.8, 4) is 0 Å². The third-order valence-corrected chi connectivity index (χ3v) is 3.19. The zero-order valence-electron chi connectivity index (χ0n) is 11.5. The van der Waals surface area contributed by atoms with Crippen LogP contribution in [0.4, 0.5) is 11.4 Å². The second kappa shape index (κ2) is 6.68. The topological polar surface area (TPSA) is 113 Å². The number of aromatic carboxylic acids is 1. The highest BCUT2D eigenvalue weighted by Crippen LogP contribution is 2.23. The Hall–Kier alpha value is -2.93. The predicted octanol–water partition coefficient (Wildman–Crippen LogP) is 2.40. The molecular weight excluding hydrogens is 288 g/mol. The molecule has 7 nitrogen and oxygen atoms in total.